The van der Waals surface area contributed by atoms with Gasteiger partial charge in [-0.2, -0.15) is 0 Å². The second kappa shape index (κ2) is 12.1. The van der Waals surface area contributed by atoms with Crippen LogP contribution in [0.5, 0.6) is 0 Å². The van der Waals surface area contributed by atoms with Crippen LogP contribution in [0.1, 0.15) is 30.0 Å². The summed E-state index contributed by atoms with van der Waals surface area (Å²) in [6.07, 6.45) is 0.374. The summed E-state index contributed by atoms with van der Waals surface area (Å²) in [6, 6.07) is 20.2. The lowest BCUT2D eigenvalue weighted by molar-refractivity contribution is -0.137. The lowest BCUT2D eigenvalue weighted by Crippen LogP contribution is -2.35. The van der Waals surface area contributed by atoms with Crippen molar-refractivity contribution in [1.29, 1.82) is 0 Å². The van der Waals surface area contributed by atoms with Crippen molar-refractivity contribution in [3.63, 3.8) is 0 Å². The quantitative estimate of drug-likeness (QED) is 0.302. The van der Waals surface area contributed by atoms with Crippen LogP contribution in [-0.2, 0) is 20.8 Å². The van der Waals surface area contributed by atoms with Gasteiger partial charge in [0, 0.05) is 48.4 Å². The van der Waals surface area contributed by atoms with Crippen LogP contribution in [0.2, 0.25) is 5.02 Å². The van der Waals surface area contributed by atoms with E-state index in [9.17, 15) is 14.4 Å². The number of anilines is 3. The van der Waals surface area contributed by atoms with Crippen molar-refractivity contribution in [3.05, 3.63) is 88.4 Å². The maximum atomic E-state index is 13.2. The number of rotatable bonds is 10. The number of aliphatic carboxylic acids is 1. The summed E-state index contributed by atoms with van der Waals surface area (Å²) >= 11 is 6.17. The Bertz CT molecular complexity index is 1430. The molecular formula is C30H31ClN4O4. The average Bonchev–Trinajstić information content (AvgIpc) is 3.21. The van der Waals surface area contributed by atoms with Crippen LogP contribution in [0.25, 0.3) is 11.3 Å². The summed E-state index contributed by atoms with van der Waals surface area (Å²) in [4.78, 5) is 40.4. The Morgan fingerprint density at radius 2 is 1.74 bits per heavy atom. The van der Waals surface area contributed by atoms with Gasteiger partial charge < -0.3 is 25.5 Å². The van der Waals surface area contributed by atoms with Gasteiger partial charge in [-0.15, -0.1) is 0 Å². The highest BCUT2D eigenvalue weighted by molar-refractivity contribution is 6.38. The van der Waals surface area contributed by atoms with Crippen LogP contribution in [0.3, 0.4) is 0 Å². The van der Waals surface area contributed by atoms with Crippen molar-refractivity contribution in [2.24, 2.45) is 0 Å². The fraction of sp³-hybridized carbons (Fsp3) is 0.233. The third kappa shape index (κ3) is 6.85. The van der Waals surface area contributed by atoms with E-state index in [1.165, 1.54) is 0 Å². The molecule has 3 aromatic rings. The zero-order valence-electron chi connectivity index (χ0n) is 22.1. The number of aryl methyl sites for hydroxylation is 1. The van der Waals surface area contributed by atoms with Crippen molar-refractivity contribution >= 4 is 57.7 Å². The highest BCUT2D eigenvalue weighted by atomic mass is 35.5. The van der Waals surface area contributed by atoms with Crippen molar-refractivity contribution < 1.29 is 19.5 Å². The minimum absolute atomic E-state index is 0.00649. The van der Waals surface area contributed by atoms with E-state index in [4.69, 9.17) is 16.7 Å². The van der Waals surface area contributed by atoms with E-state index in [1.54, 1.807) is 30.0 Å². The second-order valence-corrected chi connectivity index (χ2v) is 10.1. The Morgan fingerprint density at radius 3 is 2.41 bits per heavy atom. The van der Waals surface area contributed by atoms with Gasteiger partial charge in [0.25, 0.3) is 5.91 Å². The Balaban J connectivity index is 1.74. The van der Waals surface area contributed by atoms with Gasteiger partial charge in [0.2, 0.25) is 5.91 Å². The van der Waals surface area contributed by atoms with Crippen LogP contribution < -0.4 is 15.5 Å². The minimum Gasteiger partial charge on any atom is -0.481 e. The largest absolute Gasteiger partial charge is 0.481 e. The number of hydrogen-bond donors (Lipinski definition) is 3. The first-order chi connectivity index (χ1) is 18.6. The second-order valence-electron chi connectivity index (χ2n) is 9.63. The molecule has 8 nitrogen and oxygen atoms in total. The fourth-order valence-electron chi connectivity index (χ4n) is 4.44. The Morgan fingerprint density at radius 1 is 1.00 bits per heavy atom. The molecule has 0 spiro atoms. The highest BCUT2D eigenvalue weighted by Gasteiger charge is 2.29. The smallest absolute Gasteiger partial charge is 0.303 e. The topological polar surface area (TPSA) is 102 Å². The minimum atomic E-state index is -0.872. The molecule has 3 aromatic carbocycles. The fourth-order valence-corrected chi connectivity index (χ4v) is 4.62. The van der Waals surface area contributed by atoms with E-state index in [2.05, 4.69) is 10.6 Å². The van der Waals surface area contributed by atoms with Gasteiger partial charge in [0.1, 0.15) is 0 Å². The first-order valence-electron chi connectivity index (χ1n) is 12.6. The first kappa shape index (κ1) is 27.9. The zero-order valence-corrected chi connectivity index (χ0v) is 22.9. The number of nitrogens with zero attached hydrogens (tertiary/aromatic N) is 2. The molecule has 0 unspecified atom stereocenters. The molecule has 9 heteroatoms. The maximum Gasteiger partial charge on any atom is 0.303 e. The molecule has 3 N–H and O–H groups in total. The molecule has 0 atom stereocenters. The summed E-state index contributed by atoms with van der Waals surface area (Å²) in [6.45, 7) is 2.84. The molecule has 0 radical (unpaired) electrons. The number of halogens is 1. The molecule has 1 aliphatic heterocycles. The molecule has 0 bridgehead atoms. The van der Waals surface area contributed by atoms with Crippen LogP contribution in [-0.4, -0.2) is 55.0 Å². The summed E-state index contributed by atoms with van der Waals surface area (Å²) < 4.78 is 0. The molecular weight excluding hydrogens is 516 g/mol. The van der Waals surface area contributed by atoms with Gasteiger partial charge in [-0.05, 0) is 74.1 Å². The summed E-state index contributed by atoms with van der Waals surface area (Å²) in [5, 5.41) is 16.0. The molecule has 0 saturated carbocycles. The molecule has 202 valence electrons. The SMILES string of the molecule is CC(=O)N(CCN(C)C)c1ccc(NC(=C2C(=O)Nc3cc(Cl)ccc32)c2cccc(CCC(=O)O)c2)cc1. The van der Waals surface area contributed by atoms with E-state index in [0.717, 1.165) is 29.0 Å². The Hall–Kier alpha value is -4.14. The van der Waals surface area contributed by atoms with Gasteiger partial charge in [-0.1, -0.05) is 35.9 Å². The third-order valence-corrected chi connectivity index (χ3v) is 6.65. The predicted molar refractivity (Wildman–Crippen MR) is 156 cm³/mol. The molecule has 4 rings (SSSR count). The molecule has 0 aromatic heterocycles. The number of carbonyl (C=O) groups excluding carboxylic acids is 2. The molecule has 0 aliphatic carbocycles. The monoisotopic (exact) mass is 546 g/mol. The lowest BCUT2D eigenvalue weighted by Gasteiger charge is -2.23. The molecule has 1 heterocycles. The highest BCUT2D eigenvalue weighted by Crippen LogP contribution is 2.39. The number of amides is 2. The molecule has 39 heavy (non-hydrogen) atoms. The van der Waals surface area contributed by atoms with Crippen molar-refractivity contribution in [2.45, 2.75) is 19.8 Å². The number of fused-ring (bicyclic) bond motifs is 1. The molecule has 0 saturated heterocycles. The third-order valence-electron chi connectivity index (χ3n) is 6.42. The van der Waals surface area contributed by atoms with E-state index >= 15 is 0 Å². The molecule has 2 amide bonds. The van der Waals surface area contributed by atoms with E-state index in [0.29, 0.717) is 40.5 Å². The van der Waals surface area contributed by atoms with Gasteiger partial charge in [0.05, 0.1) is 17.0 Å². The Labute approximate surface area is 232 Å². The number of hydrogen-bond acceptors (Lipinski definition) is 5. The van der Waals surface area contributed by atoms with Gasteiger partial charge in [-0.3, -0.25) is 14.4 Å². The number of carboxylic acid groups (broad SMARTS) is 1. The van der Waals surface area contributed by atoms with Gasteiger partial charge in [0.15, 0.2) is 0 Å². The van der Waals surface area contributed by atoms with Crippen LogP contribution in [0.4, 0.5) is 17.1 Å². The van der Waals surface area contributed by atoms with Crippen LogP contribution >= 0.6 is 11.6 Å². The summed E-state index contributed by atoms with van der Waals surface area (Å²) in [5.41, 5.74) is 5.46. The van der Waals surface area contributed by atoms with Crippen molar-refractivity contribution in [1.82, 2.24) is 4.90 Å². The van der Waals surface area contributed by atoms with Gasteiger partial charge >= 0.3 is 5.97 Å². The molecule has 0 fully saturated rings. The standard InChI is InChI=1S/C30H31ClN4O4/c1-19(36)35(16-15-34(2)3)24-11-9-23(10-12-24)32-29(21-6-4-5-20(17-21)7-14-27(37)38)28-25-13-8-22(31)18-26(25)33-30(28)39/h4-6,8-13,17-18,32H,7,14-16H2,1-3H3,(H,33,39)(H,37,38). The Kier molecular flexibility index (Phi) is 8.69. The number of carbonyl (C=O) groups is 3. The number of benzene rings is 3. The van der Waals surface area contributed by atoms with Gasteiger partial charge in [-0.25, -0.2) is 0 Å². The molecule has 1 aliphatic rings. The number of carboxylic acids is 1. The van der Waals surface area contributed by atoms with E-state index in [-0.39, 0.29) is 18.2 Å². The van der Waals surface area contributed by atoms with E-state index < -0.39 is 5.97 Å². The lowest BCUT2D eigenvalue weighted by atomic mass is 9.97. The zero-order chi connectivity index (χ0) is 28.1. The number of likely N-dealkylation sites (N-methyl/N-ethyl adjacent to an activating group) is 1. The maximum absolute atomic E-state index is 13.2. The van der Waals surface area contributed by atoms with Crippen LogP contribution in [0, 0.1) is 0 Å². The van der Waals surface area contributed by atoms with Crippen LogP contribution in [0.15, 0.2) is 66.7 Å². The van der Waals surface area contributed by atoms with Crippen molar-refractivity contribution in [2.75, 3.05) is 42.7 Å². The first-order valence-corrected chi connectivity index (χ1v) is 13.0. The predicted octanol–water partition coefficient (Wildman–Crippen LogP) is 5.20. The normalized spacial score (nSPS) is 13.6. The van der Waals surface area contributed by atoms with Crippen molar-refractivity contribution in [3.8, 4) is 0 Å². The average molecular weight is 547 g/mol. The summed E-state index contributed by atoms with van der Waals surface area (Å²) in [7, 11) is 3.92. The van der Waals surface area contributed by atoms with E-state index in [1.807, 2.05) is 67.5 Å². The summed E-state index contributed by atoms with van der Waals surface area (Å²) in [5.74, 6) is -1.19. The number of nitrogens with one attached hydrogen (secondary N) is 2.